The number of benzene rings is 4. The number of hydrogen-bond acceptors (Lipinski definition) is 16. The van der Waals surface area contributed by atoms with Crippen molar-refractivity contribution >= 4 is 75.1 Å². The minimum atomic E-state index is -4.17. The summed E-state index contributed by atoms with van der Waals surface area (Å²) in [6.45, 7) is 25.8. The Balaban J connectivity index is 0.983. The van der Waals surface area contributed by atoms with Crippen molar-refractivity contribution in [2.24, 2.45) is 40.1 Å². The van der Waals surface area contributed by atoms with Crippen LogP contribution in [0, 0.1) is 44.4 Å². The Morgan fingerprint density at radius 2 is 1.26 bits per heavy atom. The van der Waals surface area contributed by atoms with Crippen molar-refractivity contribution in [3.05, 3.63) is 130 Å². The van der Waals surface area contributed by atoms with Gasteiger partial charge in [-0.05, 0) is 164 Å². The van der Waals surface area contributed by atoms with Crippen molar-refractivity contribution in [2.75, 3.05) is 32.6 Å². The Hall–Kier alpha value is -8.07. The molecule has 0 radical (unpaired) electrons. The molecule has 4 aromatic carbocycles. The summed E-state index contributed by atoms with van der Waals surface area (Å²) in [4.78, 5) is 126. The smallest absolute Gasteiger partial charge is 0.328 e. The number of hydrogen-bond donors (Lipinski definition) is 8. The van der Waals surface area contributed by atoms with E-state index in [4.69, 9.17) is 25.7 Å². The summed E-state index contributed by atoms with van der Waals surface area (Å²) in [5.74, 6) is -5.41. The van der Waals surface area contributed by atoms with E-state index in [-0.39, 0.29) is 85.8 Å². The van der Waals surface area contributed by atoms with Crippen LogP contribution >= 0.6 is 11.8 Å². The summed E-state index contributed by atoms with van der Waals surface area (Å²) in [6, 6.07) is 20.2. The lowest BCUT2D eigenvalue weighted by molar-refractivity contribution is -0.150. The second-order valence-electron chi connectivity index (χ2n) is 31.6. The number of nitrogens with zero attached hydrogens (tertiary/aromatic N) is 3. The molecule has 26 heteroatoms. The molecular weight excluding hydrogens is 1400 g/mol. The largest absolute Gasteiger partial charge is 0.487 e. The van der Waals surface area contributed by atoms with E-state index in [0.29, 0.717) is 55.4 Å². The maximum Gasteiger partial charge on any atom is 0.328 e. The molecule has 12 atom stereocenters. The summed E-state index contributed by atoms with van der Waals surface area (Å²) in [5, 5.41) is 14.8. The van der Waals surface area contributed by atoms with Crippen LogP contribution in [0.25, 0.3) is 0 Å². The van der Waals surface area contributed by atoms with Crippen LogP contribution in [0.4, 0.5) is 0 Å². The third-order valence-electron chi connectivity index (χ3n) is 21.6. The first-order valence-corrected chi connectivity index (χ1v) is 40.6. The zero-order chi connectivity index (χ0) is 78.5. The van der Waals surface area contributed by atoms with Crippen LogP contribution in [-0.4, -0.2) is 170 Å². The first-order valence-electron chi connectivity index (χ1n) is 38.1. The molecule has 4 aliphatic rings. The molecule has 586 valence electrons. The summed E-state index contributed by atoms with van der Waals surface area (Å²) < 4.78 is 46.6. The lowest BCUT2D eigenvalue weighted by atomic mass is 9.84. The summed E-state index contributed by atoms with van der Waals surface area (Å²) in [7, 11) is -2.91. The highest BCUT2D eigenvalue weighted by Crippen LogP contribution is 2.49. The summed E-state index contributed by atoms with van der Waals surface area (Å²) >= 11 is 1.45. The molecule has 0 aromatic heterocycles. The van der Waals surface area contributed by atoms with E-state index in [1.165, 1.54) is 23.8 Å². The predicted molar refractivity (Wildman–Crippen MR) is 416 cm³/mol. The van der Waals surface area contributed by atoms with Crippen LogP contribution in [0.15, 0.2) is 101 Å². The maximum atomic E-state index is 15.7. The van der Waals surface area contributed by atoms with E-state index >= 15 is 24.0 Å². The summed E-state index contributed by atoms with van der Waals surface area (Å²) in [6.07, 6.45) is 6.11. The highest BCUT2D eigenvalue weighted by molar-refractivity contribution is 8.00. The molecule has 4 aromatic rings. The third-order valence-corrected chi connectivity index (χ3v) is 24.9. The molecule has 1 saturated carbocycles. The molecule has 0 unspecified atom stereocenters. The number of thioether (sulfide) groups is 1. The molecule has 2 saturated heterocycles. The van der Waals surface area contributed by atoms with Gasteiger partial charge in [0, 0.05) is 36.9 Å². The Kier molecular flexibility index (Phi) is 29.2. The fourth-order valence-electron chi connectivity index (χ4n) is 15.4. The number of guanidine groups is 1. The monoisotopic (exact) mass is 1520 g/mol. The van der Waals surface area contributed by atoms with Crippen LogP contribution in [0.1, 0.15) is 192 Å². The van der Waals surface area contributed by atoms with Gasteiger partial charge in [0.05, 0.1) is 35.0 Å². The molecule has 3 aliphatic heterocycles. The molecule has 3 heterocycles. The number of likely N-dealkylation sites (tertiary alicyclic amines) is 2. The predicted octanol–water partition coefficient (Wildman–Crippen LogP) is 8.45. The van der Waals surface area contributed by atoms with Crippen LogP contribution < -0.4 is 47.5 Å². The molecule has 8 rings (SSSR count). The topological polar surface area (TPSA) is 341 Å². The van der Waals surface area contributed by atoms with E-state index in [2.05, 4.69) is 36.3 Å². The fraction of sp³-hybridized carbons (Fsp3) is 0.593. The van der Waals surface area contributed by atoms with Gasteiger partial charge in [-0.25, -0.2) is 17.9 Å². The second-order valence-corrected chi connectivity index (χ2v) is 34.4. The number of carbonyl (C=O) groups is 8. The van der Waals surface area contributed by atoms with Gasteiger partial charge in [0.25, 0.3) is 10.0 Å². The minimum Gasteiger partial charge on any atom is -0.487 e. The molecule has 10 N–H and O–H groups in total. The average Bonchev–Trinajstić information content (AvgIpc) is 1.76. The van der Waals surface area contributed by atoms with E-state index in [1.807, 2.05) is 153 Å². The highest BCUT2D eigenvalue weighted by Gasteiger charge is 2.52. The maximum absolute atomic E-state index is 15.7. The Morgan fingerprint density at radius 3 is 1.83 bits per heavy atom. The molecule has 0 bridgehead atoms. The standard InChI is InChI=1S/C81H117N11O13S2/c1-16-49(5)66(74(97)87-62(72(95)89-67(50(6)17-2)77(100)103-15)47-106-81(55-32-21-18-22-33-55,56-34-23-19-24-35-56)57-36-25-20-26-37-57)88-73(96)65-44-54-31-27-28-39-63(54)92(65)76(99)64-40-30-42-91(64)75(98)60(43-48(3)4)85-71(94)61(46-104-79(10,11)12)86-70(93)59(82)38-29-41-84-78(83)90-107(101,102)69-52(8)51(7)68-58(53(69)9)45-80(13,14)105-68/h18-26,32-37,48-50,54,59-67H,16-17,27-31,38-47,82H2,1-15H3,(H,85,94)(H,86,93)(H,87,97)(H,88,96)(H,89,95)(H3,83,84,90)/t49-,50-,54-,59-,60-,61-,62-,63-,64-,65-,66-,67-/m0/s1. The number of fused-ring (bicyclic) bond motifs is 2. The first-order chi connectivity index (χ1) is 50.6. The van der Waals surface area contributed by atoms with E-state index in [9.17, 15) is 22.8 Å². The van der Waals surface area contributed by atoms with E-state index < -0.39 is 128 Å². The van der Waals surface area contributed by atoms with Crippen LogP contribution in [0.2, 0.25) is 0 Å². The molecule has 0 spiro atoms. The SMILES string of the molecule is CC[C@H](C)[C@H](NC(=O)[C@@H]1C[C@@H]2CCCC[C@@H]2N1C(=O)[C@@H]1CCCN1C(=O)[C@H](CC(C)C)NC(=O)[C@H](COC(C)(C)C)NC(=O)[C@@H](N)CCCN=C(N)NS(=O)(=O)c1c(C)c(C)c2c(c1C)CC(C)(C)O2)C(=O)N[C@@H](CSC(c1ccccc1)(c1ccccc1)c1ccccc1)C(=O)N[C@H](C(=O)OC)[C@@H](C)CC. The molecule has 107 heavy (non-hydrogen) atoms. The number of amides is 7. The van der Waals surface area contributed by atoms with E-state index in [1.54, 1.807) is 39.5 Å². The molecule has 1 aliphatic carbocycles. The Morgan fingerprint density at radius 1 is 0.701 bits per heavy atom. The number of ether oxygens (including phenoxy) is 3. The Labute approximate surface area is 637 Å². The third kappa shape index (κ3) is 20.6. The van der Waals surface area contributed by atoms with Gasteiger partial charge < -0.3 is 62.1 Å². The normalized spacial score (nSPS) is 20.2. The second kappa shape index (κ2) is 36.9. The number of carbonyl (C=O) groups excluding carboxylic acids is 8. The highest BCUT2D eigenvalue weighted by atomic mass is 32.2. The van der Waals surface area contributed by atoms with Crippen molar-refractivity contribution in [3.63, 3.8) is 0 Å². The first kappa shape index (κ1) is 84.6. The van der Waals surface area contributed by atoms with Gasteiger partial charge in [-0.15, -0.1) is 11.8 Å². The zero-order valence-corrected chi connectivity index (χ0v) is 66.9. The van der Waals surface area contributed by atoms with Gasteiger partial charge in [0.15, 0.2) is 0 Å². The van der Waals surface area contributed by atoms with Crippen LogP contribution in [0.5, 0.6) is 5.75 Å². The molecule has 7 amide bonds. The van der Waals surface area contributed by atoms with Crippen molar-refractivity contribution in [1.29, 1.82) is 0 Å². The number of rotatable bonds is 33. The molecule has 3 fully saturated rings. The van der Waals surface area contributed by atoms with Crippen LogP contribution in [0.3, 0.4) is 0 Å². The number of sulfonamides is 1. The van der Waals surface area contributed by atoms with Crippen molar-refractivity contribution in [1.82, 2.24) is 41.1 Å². The van der Waals surface area contributed by atoms with Gasteiger partial charge in [0.1, 0.15) is 53.6 Å². The van der Waals surface area contributed by atoms with Gasteiger partial charge in [-0.3, -0.25) is 38.6 Å². The number of esters is 1. The minimum absolute atomic E-state index is 0.00301. The van der Waals surface area contributed by atoms with Crippen molar-refractivity contribution in [2.45, 2.75) is 256 Å². The zero-order valence-electron chi connectivity index (χ0n) is 65.3. The van der Waals surface area contributed by atoms with Gasteiger partial charge in [0.2, 0.25) is 47.3 Å². The van der Waals surface area contributed by atoms with Gasteiger partial charge in [-0.1, -0.05) is 158 Å². The number of methoxy groups -OCH3 is 1. The molecular formula is C81H117N11O13S2. The lowest BCUT2D eigenvalue weighted by Crippen LogP contribution is -2.62. The number of nitrogens with two attached hydrogens (primary N) is 2. The lowest BCUT2D eigenvalue weighted by Gasteiger charge is -2.38. The summed E-state index contributed by atoms with van der Waals surface area (Å²) in [5.41, 5.74) is 16.8. The molecule has 24 nitrogen and oxygen atoms in total. The van der Waals surface area contributed by atoms with Crippen LogP contribution in [-0.2, 0) is 69.0 Å². The van der Waals surface area contributed by atoms with E-state index in [0.717, 1.165) is 47.1 Å². The van der Waals surface area contributed by atoms with Crippen molar-refractivity contribution in [3.8, 4) is 5.75 Å². The quantitative estimate of drug-likeness (QED) is 0.00729. The van der Waals surface area contributed by atoms with Gasteiger partial charge in [-0.2, -0.15) is 0 Å². The average molecular weight is 1520 g/mol. The fourth-order valence-corrected chi connectivity index (χ4v) is 18.4. The number of aliphatic imine (C=N–C) groups is 1. The Bertz CT molecular complexity index is 3830. The number of nitrogens with one attached hydrogen (secondary N) is 6. The van der Waals surface area contributed by atoms with Crippen molar-refractivity contribution < 1.29 is 61.0 Å². The van der Waals surface area contributed by atoms with Gasteiger partial charge >= 0.3 is 5.97 Å².